The minimum atomic E-state index is -0.972. The van der Waals surface area contributed by atoms with Crippen LogP contribution in [0.25, 0.3) is 0 Å². The lowest BCUT2D eigenvalue weighted by atomic mass is 9.72. The highest BCUT2D eigenvalue weighted by atomic mass is 16.3. The number of aliphatic hydroxyl groups excluding tert-OH is 2. The fourth-order valence-corrected chi connectivity index (χ4v) is 2.69. The molecule has 0 saturated carbocycles. The third kappa shape index (κ3) is 4.78. The van der Waals surface area contributed by atoms with Gasteiger partial charge >= 0.3 is 0 Å². The predicted octanol–water partition coefficient (Wildman–Crippen LogP) is 1.31. The number of hydrogen-bond donors (Lipinski definition) is 4. The van der Waals surface area contributed by atoms with Crippen LogP contribution in [0.3, 0.4) is 0 Å². The van der Waals surface area contributed by atoms with Gasteiger partial charge in [0.1, 0.15) is 11.4 Å². The molecule has 0 aromatic heterocycles. The van der Waals surface area contributed by atoms with Crippen molar-refractivity contribution in [3.05, 3.63) is 20.4 Å². The second-order valence-corrected chi connectivity index (χ2v) is 7.95. The summed E-state index contributed by atoms with van der Waals surface area (Å²) in [4.78, 5) is 23.5. The van der Waals surface area contributed by atoms with Crippen molar-refractivity contribution in [3.63, 3.8) is 0 Å². The molecule has 4 N–H and O–H groups in total. The topological polar surface area (TPSA) is 98.7 Å². The normalized spacial score (nSPS) is 14.3. The highest BCUT2D eigenvalue weighted by Crippen LogP contribution is 2.36. The van der Waals surface area contributed by atoms with Gasteiger partial charge in [0.15, 0.2) is 0 Å². The molecule has 0 saturated heterocycles. The molecular weight excluding hydrogens is 296 g/mol. The smallest absolute Gasteiger partial charge is 0.253 e. The van der Waals surface area contributed by atoms with Gasteiger partial charge in [0.25, 0.3) is 10.9 Å². The van der Waals surface area contributed by atoms with Gasteiger partial charge in [0.2, 0.25) is 0 Å². The van der Waals surface area contributed by atoms with Gasteiger partial charge in [-0.15, -0.1) is 0 Å². The van der Waals surface area contributed by atoms with E-state index in [4.69, 9.17) is 5.11 Å². The molecule has 1 rings (SSSR count). The zero-order valence-electron chi connectivity index (χ0n) is 15.0. The summed E-state index contributed by atoms with van der Waals surface area (Å²) in [5.41, 5.74) is -0.947. The first kappa shape index (κ1) is 19.6. The van der Waals surface area contributed by atoms with Gasteiger partial charge in [0.05, 0.1) is 12.7 Å². The molecule has 0 spiro atoms. The minimum Gasteiger partial charge on any atom is -0.394 e. The Hall–Kier alpha value is -1.40. The Labute approximate surface area is 137 Å². The molecule has 0 bridgehead atoms. The number of nitrogens with one attached hydrogen (secondary N) is 2. The summed E-state index contributed by atoms with van der Waals surface area (Å²) in [6.45, 7) is 12.3. The Balaban J connectivity index is 2.86. The van der Waals surface area contributed by atoms with Crippen LogP contribution in [0.1, 0.15) is 48.0 Å². The second-order valence-electron chi connectivity index (χ2n) is 7.95. The Morgan fingerprint density at radius 2 is 1.57 bits per heavy atom. The minimum absolute atomic E-state index is 0.0218. The van der Waals surface area contributed by atoms with E-state index in [1.807, 2.05) is 13.8 Å². The van der Waals surface area contributed by atoms with E-state index in [1.54, 1.807) is 0 Å². The maximum Gasteiger partial charge on any atom is 0.253 e. The maximum absolute atomic E-state index is 11.8. The van der Waals surface area contributed by atoms with Crippen LogP contribution in [-0.2, 0) is 0 Å². The summed E-state index contributed by atoms with van der Waals surface area (Å²) in [5, 5.41) is 24.1. The lowest BCUT2D eigenvalue weighted by molar-refractivity contribution is 0.105. The first-order valence-corrected chi connectivity index (χ1v) is 8.05. The predicted molar refractivity (Wildman–Crippen MR) is 93.9 cm³/mol. The van der Waals surface area contributed by atoms with Crippen LogP contribution in [0.5, 0.6) is 0 Å². The molecule has 0 heterocycles. The van der Waals surface area contributed by atoms with E-state index in [9.17, 15) is 14.7 Å². The number of aliphatic hydroxyl groups is 2. The van der Waals surface area contributed by atoms with Crippen LogP contribution in [0.15, 0.2) is 9.59 Å². The maximum atomic E-state index is 11.8. The van der Waals surface area contributed by atoms with Crippen molar-refractivity contribution in [2.45, 2.75) is 59.6 Å². The van der Waals surface area contributed by atoms with Crippen molar-refractivity contribution in [3.8, 4) is 0 Å². The lowest BCUT2D eigenvalue weighted by Crippen LogP contribution is -2.45. The van der Waals surface area contributed by atoms with Gasteiger partial charge in [-0.05, 0) is 31.6 Å². The Bertz CT molecular complexity index is 598. The Kier molecular flexibility index (Phi) is 5.99. The molecule has 0 aliphatic rings. The van der Waals surface area contributed by atoms with E-state index in [0.29, 0.717) is 5.92 Å². The highest BCUT2D eigenvalue weighted by Gasteiger charge is 2.33. The van der Waals surface area contributed by atoms with Gasteiger partial charge in [-0.3, -0.25) is 9.59 Å². The highest BCUT2D eigenvalue weighted by molar-refractivity contribution is 5.74. The number of hydrogen-bond acceptors (Lipinski definition) is 6. The summed E-state index contributed by atoms with van der Waals surface area (Å²) >= 11 is 0. The third-order valence-electron chi connectivity index (χ3n) is 4.56. The summed E-state index contributed by atoms with van der Waals surface area (Å²) in [7, 11) is 0. The summed E-state index contributed by atoms with van der Waals surface area (Å²) in [6, 6.07) is 0. The standard InChI is InChI=1S/C17H30N2O4/c1-10(2)16(3,4)9-17(5,6)19-13-12(14(22)15(13)23)18-7-11(21)8-20/h10-11,18-21H,7-9H2,1-6H3. The van der Waals surface area contributed by atoms with E-state index in [0.717, 1.165) is 6.42 Å². The van der Waals surface area contributed by atoms with Gasteiger partial charge in [-0.2, -0.15) is 0 Å². The van der Waals surface area contributed by atoms with Crippen LogP contribution in [0.4, 0.5) is 11.4 Å². The first-order valence-electron chi connectivity index (χ1n) is 8.05. The van der Waals surface area contributed by atoms with Crippen molar-refractivity contribution in [2.24, 2.45) is 11.3 Å². The molecule has 6 nitrogen and oxygen atoms in total. The summed E-state index contributed by atoms with van der Waals surface area (Å²) < 4.78 is 0. The number of anilines is 2. The van der Waals surface area contributed by atoms with Crippen LogP contribution in [0.2, 0.25) is 0 Å². The van der Waals surface area contributed by atoms with Crippen LogP contribution in [-0.4, -0.2) is 35.0 Å². The number of rotatable bonds is 9. The fraction of sp³-hybridized carbons (Fsp3) is 0.765. The van der Waals surface area contributed by atoms with Gasteiger partial charge < -0.3 is 20.8 Å². The van der Waals surface area contributed by atoms with Crippen LogP contribution in [0, 0.1) is 11.3 Å². The Morgan fingerprint density at radius 1 is 1.04 bits per heavy atom. The molecular formula is C17H30N2O4. The second kappa shape index (κ2) is 7.01. The molecule has 1 atom stereocenters. The molecule has 0 radical (unpaired) electrons. The van der Waals surface area contributed by atoms with Crippen molar-refractivity contribution in [2.75, 3.05) is 23.8 Å². The molecule has 0 aliphatic carbocycles. The van der Waals surface area contributed by atoms with Gasteiger partial charge in [0, 0.05) is 12.1 Å². The van der Waals surface area contributed by atoms with E-state index in [1.165, 1.54) is 0 Å². The van der Waals surface area contributed by atoms with E-state index >= 15 is 0 Å². The Morgan fingerprint density at radius 3 is 2.04 bits per heavy atom. The average Bonchev–Trinajstić information content (AvgIpc) is 2.44. The fourth-order valence-electron chi connectivity index (χ4n) is 2.69. The van der Waals surface area contributed by atoms with Crippen molar-refractivity contribution >= 4 is 11.4 Å². The SMILES string of the molecule is CC(C)C(C)(C)CC(C)(C)Nc1c(NCC(O)CO)c(=O)c1=O. The van der Waals surface area contributed by atoms with Crippen molar-refractivity contribution < 1.29 is 10.2 Å². The molecule has 23 heavy (non-hydrogen) atoms. The van der Waals surface area contributed by atoms with E-state index in [-0.39, 0.29) is 28.9 Å². The zero-order valence-corrected chi connectivity index (χ0v) is 15.0. The molecule has 0 amide bonds. The summed E-state index contributed by atoms with van der Waals surface area (Å²) in [5.74, 6) is 0.480. The molecule has 0 fully saturated rings. The summed E-state index contributed by atoms with van der Waals surface area (Å²) in [6.07, 6.45) is -0.144. The van der Waals surface area contributed by atoms with Crippen molar-refractivity contribution in [1.29, 1.82) is 0 Å². The van der Waals surface area contributed by atoms with Crippen molar-refractivity contribution in [1.82, 2.24) is 0 Å². The van der Waals surface area contributed by atoms with Gasteiger partial charge in [-0.1, -0.05) is 27.7 Å². The molecule has 6 heteroatoms. The molecule has 1 aromatic carbocycles. The largest absolute Gasteiger partial charge is 0.394 e. The monoisotopic (exact) mass is 326 g/mol. The lowest BCUT2D eigenvalue weighted by Gasteiger charge is -2.39. The van der Waals surface area contributed by atoms with Crippen LogP contribution < -0.4 is 21.5 Å². The molecule has 1 aromatic rings. The molecule has 132 valence electrons. The first-order chi connectivity index (χ1) is 10.4. The van der Waals surface area contributed by atoms with E-state index in [2.05, 4.69) is 38.3 Å². The van der Waals surface area contributed by atoms with Gasteiger partial charge in [-0.25, -0.2) is 0 Å². The average molecular weight is 326 g/mol. The molecule has 1 unspecified atom stereocenters. The molecule has 0 aliphatic heterocycles. The quantitative estimate of drug-likeness (QED) is 0.511. The zero-order chi connectivity index (χ0) is 18.0. The van der Waals surface area contributed by atoms with E-state index < -0.39 is 23.6 Å². The van der Waals surface area contributed by atoms with Crippen LogP contribution >= 0.6 is 0 Å². The third-order valence-corrected chi connectivity index (χ3v) is 4.56.